The van der Waals surface area contributed by atoms with Crippen LogP contribution in [0, 0.1) is 102 Å². The molecule has 1 unspecified atom stereocenters. The van der Waals surface area contributed by atoms with Gasteiger partial charge < -0.3 is 42.0 Å². The minimum absolute atomic E-state index is 0. The van der Waals surface area contributed by atoms with Crippen molar-refractivity contribution in [2.24, 2.45) is 5.92 Å². The second-order valence-corrected chi connectivity index (χ2v) is 38.6. The molecule has 3 fully saturated rings. The van der Waals surface area contributed by atoms with Gasteiger partial charge in [0.2, 0.25) is 10.3 Å². The van der Waals surface area contributed by atoms with Crippen molar-refractivity contribution in [3.63, 3.8) is 0 Å². The molecule has 0 amide bonds. The number of nitrogens with zero attached hydrogens (tertiary/aromatic N) is 28. The molecule has 0 aliphatic heterocycles. The third-order valence-corrected chi connectivity index (χ3v) is 25.4. The van der Waals surface area contributed by atoms with Crippen molar-refractivity contribution in [2.75, 3.05) is 56.3 Å². The summed E-state index contributed by atoms with van der Waals surface area (Å²) >= 11 is 3.01. The van der Waals surface area contributed by atoms with Crippen LogP contribution in [0.4, 0.5) is 79.2 Å². The number of hydrogen-bond donors (Lipinski definition) is 7. The fourth-order valence-corrected chi connectivity index (χ4v) is 17.1. The molecule has 14 aromatic heterocycles. The summed E-state index contributed by atoms with van der Waals surface area (Å²) < 4.78 is 31.1. The predicted molar refractivity (Wildman–Crippen MR) is 578 cm³/mol. The molecule has 4 aliphatic rings. The summed E-state index contributed by atoms with van der Waals surface area (Å²) in [5.41, 5.74) is 23.3. The van der Waals surface area contributed by atoms with Crippen molar-refractivity contribution in [3.8, 4) is 6.01 Å². The summed E-state index contributed by atoms with van der Waals surface area (Å²) in [6.07, 6.45) is 17.7. The lowest BCUT2D eigenvalue weighted by Crippen LogP contribution is -2.21. The van der Waals surface area contributed by atoms with Crippen molar-refractivity contribution in [1.29, 1.82) is 0 Å². The van der Waals surface area contributed by atoms with Crippen molar-refractivity contribution >= 4 is 139 Å². The Labute approximate surface area is 858 Å². The molecule has 7 aromatic carbocycles. The summed E-state index contributed by atoms with van der Waals surface area (Å²) in [7, 11) is 0. The second kappa shape index (κ2) is 44.7. The zero-order valence-corrected chi connectivity index (χ0v) is 85.8. The van der Waals surface area contributed by atoms with Gasteiger partial charge in [-0.3, -0.25) is 0 Å². The first kappa shape index (κ1) is 101. The number of ether oxygens (including phenoxy) is 1. The van der Waals surface area contributed by atoms with Crippen LogP contribution in [0.1, 0.15) is 166 Å². The highest BCUT2D eigenvalue weighted by Crippen LogP contribution is 2.42. The quantitative estimate of drug-likeness (QED) is 0.0310. The molecular formula is C108H118FN35OS2. The molecule has 25 rings (SSSR count). The summed E-state index contributed by atoms with van der Waals surface area (Å²) in [5.74, 6) is 13.9. The van der Waals surface area contributed by atoms with Gasteiger partial charge in [0, 0.05) is 135 Å². The van der Waals surface area contributed by atoms with Crippen LogP contribution in [0.3, 0.4) is 0 Å². The first-order valence-corrected chi connectivity index (χ1v) is 51.0. The van der Waals surface area contributed by atoms with E-state index < -0.39 is 0 Å². The van der Waals surface area contributed by atoms with Gasteiger partial charge >= 0.3 is 6.01 Å². The zero-order valence-electron chi connectivity index (χ0n) is 84.2. The van der Waals surface area contributed by atoms with E-state index in [1.165, 1.54) is 123 Å². The van der Waals surface area contributed by atoms with Crippen LogP contribution in [0.25, 0.3) is 40.4 Å². The highest BCUT2D eigenvalue weighted by molar-refractivity contribution is 7.98. The molecule has 39 heteroatoms. The molecule has 0 bridgehead atoms. The number of aryl methyl sites for hydroxylation is 13. The maximum Gasteiger partial charge on any atom is 0.337 e. The molecule has 14 heterocycles. The molecule has 1 atom stereocenters. The van der Waals surface area contributed by atoms with Crippen molar-refractivity contribution in [1.82, 2.24) is 137 Å². The number of hydrogen-bond acceptors (Lipinski definition) is 31. The Morgan fingerprint density at radius 2 is 0.694 bits per heavy atom. The van der Waals surface area contributed by atoms with Gasteiger partial charge in [-0.15, -0.1) is 25.5 Å². The first-order chi connectivity index (χ1) is 70.7. The number of rotatable bonds is 22. The Morgan fingerprint density at radius 1 is 0.333 bits per heavy atom. The first-order valence-electron chi connectivity index (χ1n) is 48.6. The SMILES string of the molecule is C.CCOc1nc2nc(C)cc(Nc3ccc(C)c(F)c3)n2n1.CSc1nc2nc(C)cc(Nc3ccc(C)cc3)n2n1.CSc1nc2nc(C)cc(Nc3ccc(C)cc3)n2n1.Cc1cc(Nc2ccc(C3CC3)cc2)n2ncnc2n1.Cc1ccc(Nc2cc(C)nc3nc(C4CC4)nn23)cc1.Cc1ccc(Nc2cc(C)nc3nc(CC4CC4)nn23)cc1.Cc1ccc2c(c1)CC(Nc1cc(C)nc3ncnn13)C2. The van der Waals surface area contributed by atoms with Crippen LogP contribution in [-0.2, 0) is 19.3 Å². The zero-order chi connectivity index (χ0) is 101. The van der Waals surface area contributed by atoms with E-state index in [4.69, 9.17) is 4.74 Å². The topological polar surface area (TPSA) is 395 Å². The number of fused-ring (bicyclic) bond motifs is 8. The third kappa shape index (κ3) is 25.4. The minimum Gasteiger partial charge on any atom is -0.463 e. The van der Waals surface area contributed by atoms with E-state index >= 15 is 0 Å². The number of benzene rings is 7. The highest BCUT2D eigenvalue weighted by atomic mass is 32.2. The van der Waals surface area contributed by atoms with Gasteiger partial charge in [-0.25, -0.2) is 39.3 Å². The summed E-state index contributed by atoms with van der Waals surface area (Å²) in [5, 5.41) is 55.9. The molecule has 0 radical (unpaired) electrons. The maximum atomic E-state index is 13.7. The smallest absolute Gasteiger partial charge is 0.337 e. The lowest BCUT2D eigenvalue weighted by Gasteiger charge is -2.14. The molecule has 4 aliphatic carbocycles. The molecule has 21 aromatic rings. The van der Waals surface area contributed by atoms with Crippen LogP contribution < -0.4 is 42.0 Å². The Hall–Kier alpha value is -16.6. The Bertz CT molecular complexity index is 8080. The molecular weight excluding hydrogens is 1890 g/mol. The second-order valence-electron chi connectivity index (χ2n) is 37.0. The summed E-state index contributed by atoms with van der Waals surface area (Å²) in [6, 6.07) is 67.8. The van der Waals surface area contributed by atoms with Gasteiger partial charge in [-0.2, -0.15) is 76.7 Å². The largest absolute Gasteiger partial charge is 0.463 e. The predicted octanol–water partition coefficient (Wildman–Crippen LogP) is 22.2. The molecule has 147 heavy (non-hydrogen) atoms. The maximum absolute atomic E-state index is 13.7. The standard InChI is InChI=1S/C17H19N5.2C16H17N5.C15H16FN5O.C15H15N5.2C14H15N5S.CH4/c1-11-3-7-14(8-4-11)19-16-9-12(2)18-17-20-15(21-22(16)17)10-13-5-6-13;1-10-3-7-13(8-4-10)18-14-9-11(2)17-16-19-15(12-5-6-12)20-21(14)16;1-10-3-4-12-7-14(8-13(12)5-10)20-15-6-11(2)19-16-17-9-18-21(15)16;1-4-22-15-19-14-17-10(3)7-13(21(14)20-15)18-11-6-5-9(2)12(16)8-11;1-10-8-14(20-15(18-10)16-9-17-20)19-13-6-4-12(5-7-13)11-2-3-11;2*1-9-4-6-11(7-5-9)16-12-8-10(2)15-13-17-14(20-3)18-19(12)13;/h3-4,7-9,13,19H,5-6,10H2,1-2H3;3-4,7-9,12,18H,5-6H2,1-2H3;3-6,9,14,20H,7-8H2,1-2H3;5-8,18H,4H2,1-3H3;4-9,11,19H,2-3H2,1H3;2*4-8,16H,1-3H3;1H4. The van der Waals surface area contributed by atoms with Gasteiger partial charge in [-0.05, 0) is 268 Å². The van der Waals surface area contributed by atoms with Gasteiger partial charge in [0.15, 0.2) is 11.6 Å². The molecule has 3 saturated carbocycles. The highest BCUT2D eigenvalue weighted by Gasteiger charge is 2.30. The van der Waals surface area contributed by atoms with Gasteiger partial charge in [0.1, 0.15) is 59.2 Å². The molecule has 0 saturated heterocycles. The van der Waals surface area contributed by atoms with E-state index in [0.717, 1.165) is 156 Å². The molecule has 7 N–H and O–H groups in total. The minimum atomic E-state index is -0.263. The lowest BCUT2D eigenvalue weighted by atomic mass is 10.1. The van der Waals surface area contributed by atoms with Crippen molar-refractivity contribution in [3.05, 3.63) is 320 Å². The normalized spacial score (nSPS) is 13.3. The summed E-state index contributed by atoms with van der Waals surface area (Å²) in [6.45, 7) is 28.2. The van der Waals surface area contributed by atoms with Crippen LogP contribution in [-0.4, -0.2) is 162 Å². The molecule has 0 spiro atoms. The van der Waals surface area contributed by atoms with Crippen molar-refractivity contribution in [2.45, 2.75) is 190 Å². The van der Waals surface area contributed by atoms with Gasteiger partial charge in [0.25, 0.3) is 40.4 Å². The Morgan fingerprint density at radius 3 is 1.12 bits per heavy atom. The fraction of sp³-hybridized carbons (Fsp3) is 0.287. The average molecular weight is 2010 g/mol. The van der Waals surface area contributed by atoms with E-state index in [-0.39, 0.29) is 19.3 Å². The van der Waals surface area contributed by atoms with Crippen LogP contribution >= 0.6 is 23.5 Å². The number of nitrogens with one attached hydrogen (secondary N) is 7. The molecule has 36 nitrogen and oxygen atoms in total. The number of aromatic nitrogens is 28. The summed E-state index contributed by atoms with van der Waals surface area (Å²) in [4.78, 5) is 61.1. The third-order valence-electron chi connectivity index (χ3n) is 24.3. The van der Waals surface area contributed by atoms with E-state index in [9.17, 15) is 4.39 Å². The van der Waals surface area contributed by atoms with E-state index in [1.807, 2.05) is 139 Å². The van der Waals surface area contributed by atoms with Crippen LogP contribution in [0.15, 0.2) is 223 Å². The monoisotopic (exact) mass is 2000 g/mol. The fourth-order valence-electron chi connectivity index (χ4n) is 16.4. The van der Waals surface area contributed by atoms with E-state index in [0.29, 0.717) is 76.1 Å². The molecule has 750 valence electrons. The Kier molecular flexibility index (Phi) is 30.6. The van der Waals surface area contributed by atoms with Gasteiger partial charge in [0.05, 0.1) is 6.61 Å². The van der Waals surface area contributed by atoms with Gasteiger partial charge in [-0.1, -0.05) is 144 Å². The van der Waals surface area contributed by atoms with Crippen molar-refractivity contribution < 1.29 is 9.13 Å². The Balaban J connectivity index is 0.000000112. The lowest BCUT2D eigenvalue weighted by molar-refractivity contribution is 0.313. The number of anilines is 13. The van der Waals surface area contributed by atoms with Crippen LogP contribution in [0.5, 0.6) is 6.01 Å². The van der Waals surface area contributed by atoms with E-state index in [1.54, 1.807) is 48.0 Å². The average Bonchev–Trinajstić information content (AvgIpc) is 1.63. The number of thioether (sulfide) groups is 2. The van der Waals surface area contributed by atoms with Crippen LogP contribution in [0.2, 0.25) is 0 Å². The number of halogens is 1. The van der Waals surface area contributed by atoms with E-state index in [2.05, 4.69) is 293 Å².